The average Bonchev–Trinajstić information content (AvgIpc) is 3.32. The van der Waals surface area contributed by atoms with E-state index in [2.05, 4.69) is 27.8 Å². The molecule has 1 aliphatic carbocycles. The Labute approximate surface area is 143 Å². The van der Waals surface area contributed by atoms with E-state index in [0.717, 1.165) is 60.8 Å². The van der Waals surface area contributed by atoms with Crippen LogP contribution in [0.25, 0.3) is 0 Å². The molecule has 1 saturated carbocycles. The maximum absolute atomic E-state index is 6.51. The molecule has 0 spiro atoms. The zero-order valence-electron chi connectivity index (χ0n) is 13.5. The first-order chi connectivity index (χ1) is 11.3. The van der Waals surface area contributed by atoms with Gasteiger partial charge in [0.25, 0.3) is 0 Å². The molecule has 0 bridgehead atoms. The van der Waals surface area contributed by atoms with Gasteiger partial charge >= 0.3 is 0 Å². The maximum Gasteiger partial charge on any atom is 0.0781 e. The molecule has 0 unspecified atom stereocenters. The molecule has 0 amide bonds. The number of nitrogens with one attached hydrogen (secondary N) is 2. The standard InChI is InChI=1S/C18H25ClN4/c19-16-11-15(21-12-13-5-8-20-9-6-13)3-4-18(16)23-10-7-17(22-23)14-1-2-14/h3-4,11,13-14,20-21H,1-2,5-10,12H2. The number of hydrogen-bond acceptors (Lipinski definition) is 4. The van der Waals surface area contributed by atoms with Crippen LogP contribution in [-0.4, -0.2) is 31.9 Å². The van der Waals surface area contributed by atoms with E-state index in [4.69, 9.17) is 16.7 Å². The Morgan fingerprint density at radius 1 is 1.22 bits per heavy atom. The second-order valence-corrected chi connectivity index (χ2v) is 7.39. The zero-order chi connectivity index (χ0) is 15.6. The SMILES string of the molecule is Clc1cc(NCC2CCNCC2)ccc1N1CCC(C2CC2)=N1. The van der Waals surface area contributed by atoms with Gasteiger partial charge in [0.15, 0.2) is 0 Å². The van der Waals surface area contributed by atoms with Crippen molar-refractivity contribution in [3.8, 4) is 0 Å². The molecule has 4 nitrogen and oxygen atoms in total. The fourth-order valence-corrected chi connectivity index (χ4v) is 3.80. The molecule has 3 aliphatic rings. The van der Waals surface area contributed by atoms with Crippen LogP contribution in [0.1, 0.15) is 32.1 Å². The number of nitrogens with zero attached hydrogens (tertiary/aromatic N) is 2. The molecule has 2 fully saturated rings. The molecule has 2 aliphatic heterocycles. The van der Waals surface area contributed by atoms with Crippen LogP contribution in [0.4, 0.5) is 11.4 Å². The van der Waals surface area contributed by atoms with Gasteiger partial charge in [-0.25, -0.2) is 0 Å². The van der Waals surface area contributed by atoms with Gasteiger partial charge in [0.05, 0.1) is 10.7 Å². The van der Waals surface area contributed by atoms with Crippen molar-refractivity contribution in [2.45, 2.75) is 32.1 Å². The third-order valence-electron chi connectivity index (χ3n) is 5.16. The minimum atomic E-state index is 0.754. The monoisotopic (exact) mass is 332 g/mol. The van der Waals surface area contributed by atoms with Crippen molar-refractivity contribution in [3.63, 3.8) is 0 Å². The Morgan fingerprint density at radius 2 is 2.04 bits per heavy atom. The number of benzene rings is 1. The molecule has 0 radical (unpaired) electrons. The van der Waals surface area contributed by atoms with E-state index < -0.39 is 0 Å². The Morgan fingerprint density at radius 3 is 2.78 bits per heavy atom. The van der Waals surface area contributed by atoms with Crippen LogP contribution >= 0.6 is 11.6 Å². The van der Waals surface area contributed by atoms with E-state index in [1.54, 1.807) is 0 Å². The number of rotatable bonds is 5. The van der Waals surface area contributed by atoms with Crippen LogP contribution in [0.2, 0.25) is 5.02 Å². The molecule has 2 N–H and O–H groups in total. The molecule has 1 saturated heterocycles. The first-order valence-corrected chi connectivity index (χ1v) is 9.26. The highest BCUT2D eigenvalue weighted by atomic mass is 35.5. The Bertz CT molecular complexity index is 591. The molecule has 124 valence electrons. The highest BCUT2D eigenvalue weighted by Crippen LogP contribution is 2.37. The predicted molar refractivity (Wildman–Crippen MR) is 97.7 cm³/mol. The molecular formula is C18H25ClN4. The maximum atomic E-state index is 6.51. The molecule has 23 heavy (non-hydrogen) atoms. The van der Waals surface area contributed by atoms with E-state index in [0.29, 0.717) is 0 Å². The van der Waals surface area contributed by atoms with Gasteiger partial charge in [-0.15, -0.1) is 0 Å². The largest absolute Gasteiger partial charge is 0.385 e. The van der Waals surface area contributed by atoms with E-state index in [1.165, 1.54) is 31.4 Å². The van der Waals surface area contributed by atoms with Crippen LogP contribution in [0.5, 0.6) is 0 Å². The number of anilines is 2. The molecule has 0 atom stereocenters. The second-order valence-electron chi connectivity index (χ2n) is 6.98. The Hall–Kier alpha value is -1.26. The van der Waals surface area contributed by atoms with Crippen molar-refractivity contribution in [1.82, 2.24) is 5.32 Å². The summed E-state index contributed by atoms with van der Waals surface area (Å²) in [6.45, 7) is 4.28. The first kappa shape index (κ1) is 15.3. The molecule has 1 aromatic carbocycles. The number of hydrazone groups is 1. The van der Waals surface area contributed by atoms with Crippen LogP contribution in [0.15, 0.2) is 23.3 Å². The summed E-state index contributed by atoms with van der Waals surface area (Å²) in [5.74, 6) is 1.52. The summed E-state index contributed by atoms with van der Waals surface area (Å²) >= 11 is 6.51. The van der Waals surface area contributed by atoms with Gasteiger partial charge in [-0.1, -0.05) is 11.6 Å². The van der Waals surface area contributed by atoms with Gasteiger partial charge < -0.3 is 10.6 Å². The summed E-state index contributed by atoms with van der Waals surface area (Å²) in [5.41, 5.74) is 3.52. The van der Waals surface area contributed by atoms with Crippen LogP contribution < -0.4 is 15.6 Å². The lowest BCUT2D eigenvalue weighted by atomic mass is 9.98. The summed E-state index contributed by atoms with van der Waals surface area (Å²) < 4.78 is 0. The van der Waals surface area contributed by atoms with Crippen LogP contribution in [0, 0.1) is 11.8 Å². The molecule has 4 rings (SSSR count). The first-order valence-electron chi connectivity index (χ1n) is 8.88. The fourth-order valence-electron chi connectivity index (χ4n) is 3.53. The average molecular weight is 333 g/mol. The third-order valence-corrected chi connectivity index (χ3v) is 5.46. The molecule has 0 aromatic heterocycles. The quantitative estimate of drug-likeness (QED) is 0.863. The third kappa shape index (κ3) is 3.64. The molecule has 1 aromatic rings. The van der Waals surface area contributed by atoms with Crippen LogP contribution in [-0.2, 0) is 0 Å². The van der Waals surface area contributed by atoms with Crippen molar-refractivity contribution in [3.05, 3.63) is 23.2 Å². The van der Waals surface area contributed by atoms with Gasteiger partial charge in [-0.3, -0.25) is 5.01 Å². The highest BCUT2D eigenvalue weighted by molar-refractivity contribution is 6.33. The van der Waals surface area contributed by atoms with E-state index in [9.17, 15) is 0 Å². The lowest BCUT2D eigenvalue weighted by Crippen LogP contribution is -2.31. The summed E-state index contributed by atoms with van der Waals surface area (Å²) in [6, 6.07) is 6.28. The number of halogens is 1. The van der Waals surface area contributed by atoms with Gasteiger partial charge in [-0.2, -0.15) is 5.10 Å². The molecule has 2 heterocycles. The smallest absolute Gasteiger partial charge is 0.0781 e. The minimum Gasteiger partial charge on any atom is -0.385 e. The normalized spacial score (nSPS) is 22.3. The molecule has 5 heteroatoms. The molecular weight excluding hydrogens is 308 g/mol. The van der Waals surface area contributed by atoms with Crippen molar-refractivity contribution in [2.75, 3.05) is 36.5 Å². The van der Waals surface area contributed by atoms with E-state index >= 15 is 0 Å². The predicted octanol–water partition coefficient (Wildman–Crippen LogP) is 3.73. The van der Waals surface area contributed by atoms with Gasteiger partial charge in [-0.05, 0) is 68.8 Å². The fraction of sp³-hybridized carbons (Fsp3) is 0.611. The Kier molecular flexibility index (Phi) is 4.45. The summed E-state index contributed by atoms with van der Waals surface area (Å²) in [7, 11) is 0. The summed E-state index contributed by atoms with van der Waals surface area (Å²) in [5, 5.41) is 14.6. The van der Waals surface area contributed by atoms with Gasteiger partial charge in [0, 0.05) is 30.9 Å². The minimum absolute atomic E-state index is 0.754. The number of hydrogen-bond donors (Lipinski definition) is 2. The van der Waals surface area contributed by atoms with Gasteiger partial charge in [0.1, 0.15) is 0 Å². The summed E-state index contributed by atoms with van der Waals surface area (Å²) in [4.78, 5) is 0. The van der Waals surface area contributed by atoms with Crippen molar-refractivity contribution >= 4 is 28.7 Å². The zero-order valence-corrected chi connectivity index (χ0v) is 14.3. The second kappa shape index (κ2) is 6.70. The van der Waals surface area contributed by atoms with Crippen molar-refractivity contribution in [2.24, 2.45) is 16.9 Å². The lowest BCUT2D eigenvalue weighted by Gasteiger charge is -2.23. The van der Waals surface area contributed by atoms with Gasteiger partial charge in [0.2, 0.25) is 0 Å². The Balaban J connectivity index is 1.38. The lowest BCUT2D eigenvalue weighted by molar-refractivity contribution is 0.390. The van der Waals surface area contributed by atoms with E-state index in [1.807, 2.05) is 6.07 Å². The van der Waals surface area contributed by atoms with E-state index in [-0.39, 0.29) is 0 Å². The number of piperidine rings is 1. The topological polar surface area (TPSA) is 39.7 Å². The van der Waals surface area contributed by atoms with Crippen LogP contribution in [0.3, 0.4) is 0 Å². The van der Waals surface area contributed by atoms with Crippen molar-refractivity contribution < 1.29 is 0 Å². The highest BCUT2D eigenvalue weighted by Gasteiger charge is 2.31. The van der Waals surface area contributed by atoms with Crippen molar-refractivity contribution in [1.29, 1.82) is 0 Å². The summed E-state index contributed by atoms with van der Waals surface area (Å²) in [6.07, 6.45) is 6.24.